The number of likely N-dealkylation sites (N-methyl/N-ethyl adjacent to an activating group) is 1. The van der Waals surface area contributed by atoms with Gasteiger partial charge in [-0.05, 0) is 50.2 Å². The summed E-state index contributed by atoms with van der Waals surface area (Å²) < 4.78 is 0. The van der Waals surface area contributed by atoms with Crippen LogP contribution in [0.5, 0.6) is 0 Å². The Morgan fingerprint density at radius 2 is 1.93 bits per heavy atom. The predicted molar refractivity (Wildman–Crippen MR) is 111 cm³/mol. The maximum Gasteiger partial charge on any atom is 0.255 e. The second-order valence-electron chi connectivity index (χ2n) is 8.24. The van der Waals surface area contributed by atoms with Crippen LogP contribution < -0.4 is 15.4 Å². The van der Waals surface area contributed by atoms with Gasteiger partial charge < -0.3 is 9.80 Å². The minimum atomic E-state index is -0.657. The van der Waals surface area contributed by atoms with Crippen molar-refractivity contribution in [3.05, 3.63) is 56.8 Å². The van der Waals surface area contributed by atoms with E-state index in [-0.39, 0.29) is 11.5 Å². The summed E-state index contributed by atoms with van der Waals surface area (Å²) in [5, 5.41) is 0. The Morgan fingerprint density at radius 3 is 2.69 bits per heavy atom. The number of aryl methyl sites for hydroxylation is 1. The first-order valence-corrected chi connectivity index (χ1v) is 10.2. The molecule has 1 saturated heterocycles. The summed E-state index contributed by atoms with van der Waals surface area (Å²) in [6.45, 7) is 8.80. The highest BCUT2D eigenvalue weighted by atomic mass is 16.2. The zero-order valence-corrected chi connectivity index (χ0v) is 16.5. The molecule has 2 aromatic rings. The highest BCUT2D eigenvalue weighted by Crippen LogP contribution is 2.51. The van der Waals surface area contributed by atoms with Gasteiger partial charge in [-0.1, -0.05) is 12.1 Å². The minimum absolute atomic E-state index is 0.0256. The van der Waals surface area contributed by atoms with Crippen LogP contribution in [0.4, 0.5) is 17.3 Å². The van der Waals surface area contributed by atoms with Crippen molar-refractivity contribution >= 4 is 23.2 Å². The van der Waals surface area contributed by atoms with Crippen molar-refractivity contribution in [3.63, 3.8) is 0 Å². The molecule has 1 aromatic heterocycles. The fourth-order valence-electron chi connectivity index (χ4n) is 5.23. The highest BCUT2D eigenvalue weighted by Gasteiger charge is 2.52. The third-order valence-corrected chi connectivity index (χ3v) is 6.79. The van der Waals surface area contributed by atoms with Gasteiger partial charge in [0.1, 0.15) is 0 Å². The summed E-state index contributed by atoms with van der Waals surface area (Å²) in [6.07, 6.45) is 4.99. The fourth-order valence-corrected chi connectivity index (χ4v) is 5.23. The van der Waals surface area contributed by atoms with Gasteiger partial charge in [0, 0.05) is 31.4 Å². The molecule has 3 aliphatic rings. The van der Waals surface area contributed by atoms with Crippen LogP contribution >= 0.6 is 0 Å². The Labute approximate surface area is 169 Å². The van der Waals surface area contributed by atoms with Crippen molar-refractivity contribution in [1.82, 2.24) is 9.97 Å². The van der Waals surface area contributed by atoms with Crippen molar-refractivity contribution in [2.75, 3.05) is 29.9 Å². The molecule has 0 unspecified atom stereocenters. The summed E-state index contributed by atoms with van der Waals surface area (Å²) in [4.78, 5) is 40.9. The molecule has 0 saturated carbocycles. The van der Waals surface area contributed by atoms with Crippen LogP contribution in [0, 0.1) is 6.57 Å². The molecule has 1 amide bonds. The molecule has 5 rings (SSSR count). The third kappa shape index (κ3) is 2.52. The lowest BCUT2D eigenvalue weighted by atomic mass is 9.73. The van der Waals surface area contributed by atoms with E-state index in [1.54, 1.807) is 18.0 Å². The van der Waals surface area contributed by atoms with E-state index in [1.807, 2.05) is 12.1 Å². The molecule has 7 heteroatoms. The van der Waals surface area contributed by atoms with E-state index >= 15 is 0 Å². The first-order valence-electron chi connectivity index (χ1n) is 10.2. The largest absolute Gasteiger partial charge is 0.342 e. The van der Waals surface area contributed by atoms with Gasteiger partial charge in [0.15, 0.2) is 5.69 Å². The average Bonchev–Trinajstić information content (AvgIpc) is 2.96. The summed E-state index contributed by atoms with van der Waals surface area (Å²) in [5.41, 5.74) is 3.35. The molecule has 0 radical (unpaired) electrons. The molecular weight excluding hydrogens is 366 g/mol. The van der Waals surface area contributed by atoms with Gasteiger partial charge in [-0.2, -0.15) is 0 Å². The lowest BCUT2D eigenvalue weighted by molar-refractivity contribution is -0.123. The normalized spacial score (nSPS) is 19.8. The number of aromatic nitrogens is 2. The number of nitrogens with one attached hydrogen (secondary N) is 1. The second-order valence-corrected chi connectivity index (χ2v) is 8.24. The monoisotopic (exact) mass is 389 g/mol. The Balaban J connectivity index is 1.48. The molecule has 1 N–H and O–H groups in total. The number of benzene rings is 1. The van der Waals surface area contributed by atoms with E-state index in [9.17, 15) is 9.59 Å². The number of fused-ring (bicyclic) bond motifs is 3. The summed E-state index contributed by atoms with van der Waals surface area (Å²) in [7, 11) is 1.79. The van der Waals surface area contributed by atoms with Crippen LogP contribution in [0.15, 0.2) is 23.0 Å². The third-order valence-electron chi connectivity index (χ3n) is 6.79. The molecule has 29 heavy (non-hydrogen) atoms. The van der Waals surface area contributed by atoms with Gasteiger partial charge in [0.2, 0.25) is 11.9 Å². The summed E-state index contributed by atoms with van der Waals surface area (Å²) in [5.74, 6) is 0.679. The Morgan fingerprint density at radius 1 is 1.17 bits per heavy atom. The zero-order valence-electron chi connectivity index (χ0n) is 16.5. The number of H-pyrrole nitrogens is 1. The van der Waals surface area contributed by atoms with E-state index in [0.717, 1.165) is 48.2 Å². The van der Waals surface area contributed by atoms with Crippen LogP contribution in [0.1, 0.15) is 42.5 Å². The first-order chi connectivity index (χ1) is 14.0. The Kier molecular flexibility index (Phi) is 3.98. The molecule has 1 fully saturated rings. The summed E-state index contributed by atoms with van der Waals surface area (Å²) >= 11 is 0. The van der Waals surface area contributed by atoms with Gasteiger partial charge in [0.05, 0.1) is 17.7 Å². The Bertz CT molecular complexity index is 1110. The topological polar surface area (TPSA) is 73.7 Å². The highest BCUT2D eigenvalue weighted by molar-refractivity contribution is 6.09. The van der Waals surface area contributed by atoms with Gasteiger partial charge in [-0.15, -0.1) is 0 Å². The zero-order chi connectivity index (χ0) is 20.2. The molecule has 7 nitrogen and oxygen atoms in total. The molecule has 148 valence electrons. The predicted octanol–water partition coefficient (Wildman–Crippen LogP) is 2.71. The standard InChI is InChI=1S/C22H23N5O2/c1-23-16-8-5-9-17-18(16)22(20(29)26(17)2)10-12-27(13-11-22)21-24-15-7-4-3-6-14(15)19(28)25-21/h5,8-9H,3-4,6-7,10-13H2,2H3,(H,24,25,28). The van der Waals surface area contributed by atoms with Crippen LogP contribution in [-0.4, -0.2) is 36.0 Å². The smallest absolute Gasteiger partial charge is 0.255 e. The maximum absolute atomic E-state index is 13.2. The van der Waals surface area contributed by atoms with Crippen molar-refractivity contribution in [2.24, 2.45) is 0 Å². The van der Waals surface area contributed by atoms with E-state index in [2.05, 4.69) is 14.7 Å². The van der Waals surface area contributed by atoms with Gasteiger partial charge in [-0.25, -0.2) is 9.83 Å². The Hall–Kier alpha value is -3.14. The maximum atomic E-state index is 13.2. The van der Waals surface area contributed by atoms with E-state index in [1.165, 1.54) is 0 Å². The molecule has 0 bridgehead atoms. The van der Waals surface area contributed by atoms with Gasteiger partial charge >= 0.3 is 0 Å². The molecule has 1 aromatic carbocycles. The molecule has 0 atom stereocenters. The minimum Gasteiger partial charge on any atom is -0.342 e. The van der Waals surface area contributed by atoms with Crippen molar-refractivity contribution in [1.29, 1.82) is 0 Å². The molecule has 1 aliphatic carbocycles. The van der Waals surface area contributed by atoms with Crippen molar-refractivity contribution < 1.29 is 4.79 Å². The number of anilines is 2. The quantitative estimate of drug-likeness (QED) is 0.761. The lowest BCUT2D eigenvalue weighted by Gasteiger charge is -2.39. The summed E-state index contributed by atoms with van der Waals surface area (Å²) in [6, 6.07) is 5.56. The van der Waals surface area contributed by atoms with Crippen molar-refractivity contribution in [2.45, 2.75) is 43.9 Å². The number of carbonyl (C=O) groups excluding carboxylic acids is 1. The van der Waals surface area contributed by atoms with E-state index in [4.69, 9.17) is 11.6 Å². The number of carbonyl (C=O) groups is 1. The van der Waals surface area contributed by atoms with Crippen LogP contribution in [0.2, 0.25) is 0 Å². The lowest BCUT2D eigenvalue weighted by Crippen LogP contribution is -2.49. The first kappa shape index (κ1) is 17.9. The number of aromatic amines is 1. The number of piperidine rings is 1. The number of amides is 1. The fraction of sp³-hybridized carbons (Fsp3) is 0.455. The van der Waals surface area contributed by atoms with Gasteiger partial charge in [-0.3, -0.25) is 14.6 Å². The molecule has 1 spiro atoms. The molecule has 3 heterocycles. The number of hydrogen-bond donors (Lipinski definition) is 1. The molecular formula is C22H23N5O2. The van der Waals surface area contributed by atoms with Crippen molar-refractivity contribution in [3.8, 4) is 0 Å². The number of nitrogens with zero attached hydrogens (tertiary/aromatic N) is 4. The SMILES string of the molecule is [C-]#[N+]c1cccc2c1C1(CCN(c3nc4c(c(=O)[nH]3)CCCC4)CC1)C(=O)N2C. The van der Waals surface area contributed by atoms with Crippen LogP contribution in [0.3, 0.4) is 0 Å². The number of hydrogen-bond acceptors (Lipinski definition) is 4. The molecule has 2 aliphatic heterocycles. The van der Waals surface area contributed by atoms with Crippen LogP contribution in [0.25, 0.3) is 4.85 Å². The van der Waals surface area contributed by atoms with Crippen LogP contribution in [-0.2, 0) is 23.1 Å². The average molecular weight is 389 g/mol. The van der Waals surface area contributed by atoms with Gasteiger partial charge in [0.25, 0.3) is 5.56 Å². The number of rotatable bonds is 1. The second kappa shape index (κ2) is 6.45. The van der Waals surface area contributed by atoms with E-state index < -0.39 is 5.41 Å². The van der Waals surface area contributed by atoms with E-state index in [0.29, 0.717) is 37.6 Å².